The monoisotopic (exact) mass is 466 g/mol. The summed E-state index contributed by atoms with van der Waals surface area (Å²) in [6.07, 6.45) is 21.4. The van der Waals surface area contributed by atoms with Crippen molar-refractivity contribution in [3.05, 3.63) is 98.2 Å². The zero-order valence-electron chi connectivity index (χ0n) is 16.4. The van der Waals surface area contributed by atoms with Crippen LogP contribution in [-0.4, -0.2) is 0 Å². The van der Waals surface area contributed by atoms with Crippen molar-refractivity contribution >= 4 is 28.2 Å². The van der Waals surface area contributed by atoms with Crippen molar-refractivity contribution in [3.8, 4) is 0 Å². The molecule has 1 unspecified atom stereocenters. The fourth-order valence-electron chi connectivity index (χ4n) is 4.49. The molecule has 0 N–H and O–H groups in total. The minimum absolute atomic E-state index is 0.123. The number of rotatable bonds is 3. The van der Waals surface area contributed by atoms with E-state index in [0.29, 0.717) is 5.92 Å². The Morgan fingerprint density at radius 1 is 1.19 bits per heavy atom. The number of benzene rings is 1. The first-order valence-corrected chi connectivity index (χ1v) is 11.0. The Kier molecular flexibility index (Phi) is 5.15. The number of fused-ring (bicyclic) bond motifs is 2. The molecule has 3 aliphatic carbocycles. The molecular weight excluding hydrogens is 439 g/mol. The Balaban J connectivity index is 1.52. The number of hydrogen-bond donors (Lipinski definition) is 0. The van der Waals surface area contributed by atoms with Crippen LogP contribution < -0.4 is 0 Å². The standard InChI is InChI=1S/C26H27I/c1-18-8-4-6-10-20(18)11-7-5-9-19-12-14-22-23-15-13-21(27)17-25(23)26(2,3)24(22)16-19/h4-8,10-11,13,15-18H,9,12,14H2,1-3H3/b7-5-,20-11-. The molecule has 0 radical (unpaired) electrons. The summed E-state index contributed by atoms with van der Waals surface area (Å²) in [6.45, 7) is 7.01. The summed E-state index contributed by atoms with van der Waals surface area (Å²) in [5.74, 6) is 0.516. The molecule has 0 bridgehead atoms. The van der Waals surface area contributed by atoms with Crippen LogP contribution in [0.3, 0.4) is 0 Å². The lowest BCUT2D eigenvalue weighted by Crippen LogP contribution is -2.17. The van der Waals surface area contributed by atoms with Gasteiger partial charge in [-0.1, -0.05) is 81.0 Å². The summed E-state index contributed by atoms with van der Waals surface area (Å²) in [5.41, 5.74) is 9.18. The van der Waals surface area contributed by atoms with Gasteiger partial charge in [0, 0.05) is 8.99 Å². The van der Waals surface area contributed by atoms with Crippen molar-refractivity contribution < 1.29 is 0 Å². The summed E-state index contributed by atoms with van der Waals surface area (Å²) in [7, 11) is 0. The van der Waals surface area contributed by atoms with Crippen LogP contribution in [0.5, 0.6) is 0 Å². The summed E-state index contributed by atoms with van der Waals surface area (Å²) >= 11 is 2.43. The minimum Gasteiger partial charge on any atom is -0.0805 e. The lowest BCUT2D eigenvalue weighted by molar-refractivity contribution is 0.648. The van der Waals surface area contributed by atoms with Crippen LogP contribution in [0.2, 0.25) is 0 Å². The van der Waals surface area contributed by atoms with Crippen LogP contribution in [0.15, 0.2) is 83.5 Å². The van der Waals surface area contributed by atoms with E-state index >= 15 is 0 Å². The first-order valence-electron chi connectivity index (χ1n) is 9.92. The number of hydrogen-bond acceptors (Lipinski definition) is 0. The molecule has 3 aliphatic rings. The molecule has 1 aromatic carbocycles. The predicted octanol–water partition coefficient (Wildman–Crippen LogP) is 7.69. The first kappa shape index (κ1) is 18.7. The average molecular weight is 466 g/mol. The lowest BCUT2D eigenvalue weighted by atomic mass is 9.78. The van der Waals surface area contributed by atoms with E-state index in [4.69, 9.17) is 0 Å². The zero-order chi connectivity index (χ0) is 19.0. The Bertz CT molecular complexity index is 944. The van der Waals surface area contributed by atoms with Gasteiger partial charge in [0.2, 0.25) is 0 Å². The maximum atomic E-state index is 2.50. The SMILES string of the molecule is CC1C=CC=C/C1=C/C=C\CC1=CC2=C(CC1)c1ccc(I)cc1C2(C)C. The van der Waals surface area contributed by atoms with Gasteiger partial charge in [-0.3, -0.25) is 0 Å². The molecule has 1 aromatic rings. The van der Waals surface area contributed by atoms with Crippen LogP contribution >= 0.6 is 22.6 Å². The third kappa shape index (κ3) is 3.59. The molecule has 138 valence electrons. The zero-order valence-corrected chi connectivity index (χ0v) is 18.6. The normalized spacial score (nSPS) is 24.5. The molecule has 1 atom stereocenters. The van der Waals surface area contributed by atoms with Gasteiger partial charge in [0.05, 0.1) is 0 Å². The minimum atomic E-state index is 0.123. The highest BCUT2D eigenvalue weighted by atomic mass is 127. The van der Waals surface area contributed by atoms with Crippen LogP contribution in [-0.2, 0) is 5.41 Å². The van der Waals surface area contributed by atoms with E-state index in [2.05, 4.69) is 110 Å². The summed E-state index contributed by atoms with van der Waals surface area (Å²) < 4.78 is 1.33. The molecule has 1 heteroatoms. The second-order valence-corrected chi connectivity index (χ2v) is 9.59. The van der Waals surface area contributed by atoms with Gasteiger partial charge in [-0.15, -0.1) is 0 Å². The molecular formula is C26H27I. The van der Waals surface area contributed by atoms with Crippen molar-refractivity contribution in [2.45, 2.75) is 45.4 Å². The molecule has 0 saturated heterocycles. The summed E-state index contributed by atoms with van der Waals surface area (Å²) in [5, 5.41) is 0. The number of halogens is 1. The second kappa shape index (κ2) is 7.43. The highest BCUT2D eigenvalue weighted by molar-refractivity contribution is 14.1. The van der Waals surface area contributed by atoms with Crippen molar-refractivity contribution in [3.63, 3.8) is 0 Å². The molecule has 0 fully saturated rings. The van der Waals surface area contributed by atoms with Crippen LogP contribution in [0, 0.1) is 9.49 Å². The van der Waals surface area contributed by atoms with E-state index in [1.54, 1.807) is 16.7 Å². The molecule has 0 saturated carbocycles. The Morgan fingerprint density at radius 2 is 2.04 bits per heavy atom. The van der Waals surface area contributed by atoms with E-state index in [0.717, 1.165) is 6.42 Å². The molecule has 0 aromatic heterocycles. The molecule has 4 rings (SSSR count). The van der Waals surface area contributed by atoms with Crippen molar-refractivity contribution in [2.24, 2.45) is 5.92 Å². The van der Waals surface area contributed by atoms with Gasteiger partial charge < -0.3 is 0 Å². The van der Waals surface area contributed by atoms with Crippen LogP contribution in [0.4, 0.5) is 0 Å². The number of allylic oxidation sites excluding steroid dienone is 12. The molecule has 27 heavy (non-hydrogen) atoms. The van der Waals surface area contributed by atoms with Crippen LogP contribution in [0.25, 0.3) is 5.57 Å². The Labute approximate surface area is 177 Å². The van der Waals surface area contributed by atoms with Gasteiger partial charge >= 0.3 is 0 Å². The van der Waals surface area contributed by atoms with E-state index in [-0.39, 0.29) is 5.41 Å². The predicted molar refractivity (Wildman–Crippen MR) is 126 cm³/mol. The van der Waals surface area contributed by atoms with E-state index in [1.165, 1.54) is 33.1 Å². The van der Waals surface area contributed by atoms with Gasteiger partial charge in [0.25, 0.3) is 0 Å². The maximum Gasteiger partial charge on any atom is 0.0155 e. The Morgan fingerprint density at radius 3 is 2.85 bits per heavy atom. The van der Waals surface area contributed by atoms with E-state index in [9.17, 15) is 0 Å². The molecule has 0 amide bonds. The quantitative estimate of drug-likeness (QED) is 0.401. The van der Waals surface area contributed by atoms with Gasteiger partial charge in [-0.05, 0) is 87.8 Å². The van der Waals surface area contributed by atoms with Gasteiger partial charge in [0.15, 0.2) is 0 Å². The second-order valence-electron chi connectivity index (χ2n) is 8.34. The smallest absolute Gasteiger partial charge is 0.0155 e. The van der Waals surface area contributed by atoms with Gasteiger partial charge in [0.1, 0.15) is 0 Å². The third-order valence-corrected chi connectivity index (χ3v) is 6.82. The van der Waals surface area contributed by atoms with Crippen molar-refractivity contribution in [1.82, 2.24) is 0 Å². The fraction of sp³-hybridized carbons (Fsp3) is 0.308. The Hall–Kier alpha value is -1.61. The third-order valence-electron chi connectivity index (χ3n) is 6.15. The van der Waals surface area contributed by atoms with Crippen LogP contribution in [0.1, 0.15) is 51.2 Å². The van der Waals surface area contributed by atoms with E-state index in [1.807, 2.05) is 0 Å². The van der Waals surface area contributed by atoms with E-state index < -0.39 is 0 Å². The largest absolute Gasteiger partial charge is 0.0805 e. The molecule has 0 aliphatic heterocycles. The topological polar surface area (TPSA) is 0 Å². The molecule has 0 spiro atoms. The van der Waals surface area contributed by atoms with Gasteiger partial charge in [-0.25, -0.2) is 0 Å². The van der Waals surface area contributed by atoms with Crippen molar-refractivity contribution in [1.29, 1.82) is 0 Å². The summed E-state index contributed by atoms with van der Waals surface area (Å²) in [4.78, 5) is 0. The molecule has 0 heterocycles. The molecule has 0 nitrogen and oxygen atoms in total. The van der Waals surface area contributed by atoms with Gasteiger partial charge in [-0.2, -0.15) is 0 Å². The highest BCUT2D eigenvalue weighted by Gasteiger charge is 2.37. The first-order chi connectivity index (χ1) is 13.0. The maximum absolute atomic E-state index is 2.50. The average Bonchev–Trinajstić information content (AvgIpc) is 2.87. The summed E-state index contributed by atoms with van der Waals surface area (Å²) in [6, 6.07) is 6.96. The van der Waals surface area contributed by atoms with Crippen molar-refractivity contribution in [2.75, 3.05) is 0 Å². The highest BCUT2D eigenvalue weighted by Crippen LogP contribution is 2.51. The fourth-order valence-corrected chi connectivity index (χ4v) is 4.98. The lowest BCUT2D eigenvalue weighted by Gasteiger charge is -2.25.